The maximum Gasteiger partial charge on any atom is 0.250 e. The number of rotatable bonds is 11. The zero-order valence-electron chi connectivity index (χ0n) is 18.8. The number of nitrogens with zero attached hydrogens (tertiary/aromatic N) is 2. The lowest BCUT2D eigenvalue weighted by Crippen LogP contribution is -2.07. The summed E-state index contributed by atoms with van der Waals surface area (Å²) in [5.41, 5.74) is 3.14. The SMILES string of the molecule is CCCCCc1nnc(NC(=O)/C=C/c2ccc(OCc3ccccc3C)c(OC)c2)s1. The van der Waals surface area contributed by atoms with Gasteiger partial charge in [-0.2, -0.15) is 0 Å². The number of benzene rings is 2. The summed E-state index contributed by atoms with van der Waals surface area (Å²) in [6.45, 7) is 4.69. The van der Waals surface area contributed by atoms with Crippen molar-refractivity contribution in [2.45, 2.75) is 46.1 Å². The van der Waals surface area contributed by atoms with Crippen molar-refractivity contribution in [1.82, 2.24) is 10.2 Å². The largest absolute Gasteiger partial charge is 0.493 e. The standard InChI is InChI=1S/C25H29N3O3S/c1-4-5-6-11-24-27-28-25(32-24)26-23(29)15-13-19-12-14-21(22(16-19)30-3)31-17-20-10-8-7-9-18(20)2/h7-10,12-16H,4-6,11,17H2,1-3H3,(H,26,28,29)/b15-13+. The predicted molar refractivity (Wildman–Crippen MR) is 129 cm³/mol. The number of aromatic nitrogens is 2. The van der Waals surface area contributed by atoms with Crippen molar-refractivity contribution in [3.8, 4) is 11.5 Å². The van der Waals surface area contributed by atoms with E-state index in [9.17, 15) is 4.79 Å². The second-order valence-corrected chi connectivity index (χ2v) is 8.47. The molecule has 0 saturated carbocycles. The number of anilines is 1. The molecule has 0 unspecified atom stereocenters. The van der Waals surface area contributed by atoms with Gasteiger partial charge in [-0.05, 0) is 48.2 Å². The van der Waals surface area contributed by atoms with Crippen LogP contribution in [0.4, 0.5) is 5.13 Å². The number of amides is 1. The minimum absolute atomic E-state index is 0.250. The fraction of sp³-hybridized carbons (Fsp3) is 0.320. The van der Waals surface area contributed by atoms with Crippen molar-refractivity contribution >= 4 is 28.5 Å². The second-order valence-electron chi connectivity index (χ2n) is 7.41. The molecular formula is C25H29N3O3S. The van der Waals surface area contributed by atoms with Gasteiger partial charge in [-0.25, -0.2) is 0 Å². The van der Waals surface area contributed by atoms with E-state index in [0.29, 0.717) is 23.2 Å². The molecule has 0 saturated heterocycles. The van der Waals surface area contributed by atoms with E-state index >= 15 is 0 Å². The van der Waals surface area contributed by atoms with E-state index < -0.39 is 0 Å². The van der Waals surface area contributed by atoms with Crippen molar-refractivity contribution < 1.29 is 14.3 Å². The highest BCUT2D eigenvalue weighted by Gasteiger charge is 2.08. The molecule has 0 bridgehead atoms. The number of unbranched alkanes of at least 4 members (excludes halogenated alkanes) is 2. The van der Waals surface area contributed by atoms with Crippen LogP contribution in [-0.4, -0.2) is 23.2 Å². The van der Waals surface area contributed by atoms with Crippen LogP contribution in [0.15, 0.2) is 48.5 Å². The van der Waals surface area contributed by atoms with E-state index in [1.165, 1.54) is 29.4 Å². The smallest absolute Gasteiger partial charge is 0.250 e. The van der Waals surface area contributed by atoms with E-state index in [4.69, 9.17) is 9.47 Å². The first-order valence-corrected chi connectivity index (χ1v) is 11.6. The van der Waals surface area contributed by atoms with Crippen LogP contribution in [0.1, 0.15) is 47.9 Å². The molecule has 0 aliphatic heterocycles. The Morgan fingerprint density at radius 3 is 2.75 bits per heavy atom. The molecule has 1 aromatic heterocycles. The fourth-order valence-electron chi connectivity index (χ4n) is 3.08. The molecule has 0 spiro atoms. The summed E-state index contributed by atoms with van der Waals surface area (Å²) in [7, 11) is 1.60. The zero-order valence-corrected chi connectivity index (χ0v) is 19.6. The highest BCUT2D eigenvalue weighted by atomic mass is 32.1. The number of carbonyl (C=O) groups is 1. The quantitative estimate of drug-likeness (QED) is 0.294. The first-order chi connectivity index (χ1) is 15.6. The summed E-state index contributed by atoms with van der Waals surface area (Å²) in [6.07, 6.45) is 7.52. The Kier molecular flexibility index (Phi) is 8.80. The fourth-order valence-corrected chi connectivity index (χ4v) is 3.87. The van der Waals surface area contributed by atoms with Crippen LogP contribution in [-0.2, 0) is 17.8 Å². The number of ether oxygens (including phenoxy) is 2. The number of carbonyl (C=O) groups excluding carboxylic acids is 1. The van der Waals surface area contributed by atoms with Gasteiger partial charge in [0.25, 0.3) is 0 Å². The molecule has 1 N–H and O–H groups in total. The summed E-state index contributed by atoms with van der Waals surface area (Å²) in [6, 6.07) is 13.7. The van der Waals surface area contributed by atoms with Gasteiger partial charge in [-0.15, -0.1) is 10.2 Å². The lowest BCUT2D eigenvalue weighted by Gasteiger charge is -2.12. The van der Waals surface area contributed by atoms with Crippen molar-refractivity contribution in [2.24, 2.45) is 0 Å². The monoisotopic (exact) mass is 451 g/mol. The van der Waals surface area contributed by atoms with Gasteiger partial charge < -0.3 is 9.47 Å². The van der Waals surface area contributed by atoms with Crippen LogP contribution in [0.2, 0.25) is 0 Å². The van der Waals surface area contributed by atoms with E-state index in [1.807, 2.05) is 36.4 Å². The highest BCUT2D eigenvalue weighted by Crippen LogP contribution is 2.29. The second kappa shape index (κ2) is 12.0. The van der Waals surface area contributed by atoms with Gasteiger partial charge >= 0.3 is 0 Å². The lowest BCUT2D eigenvalue weighted by atomic mass is 10.1. The third-order valence-corrected chi connectivity index (χ3v) is 5.85. The molecule has 32 heavy (non-hydrogen) atoms. The number of hydrogen-bond donors (Lipinski definition) is 1. The van der Waals surface area contributed by atoms with Gasteiger partial charge in [0.2, 0.25) is 11.0 Å². The molecule has 7 heteroatoms. The van der Waals surface area contributed by atoms with Gasteiger partial charge in [0.15, 0.2) is 11.5 Å². The molecule has 3 rings (SSSR count). The van der Waals surface area contributed by atoms with Crippen LogP contribution >= 0.6 is 11.3 Å². The number of aryl methyl sites for hydroxylation is 2. The minimum Gasteiger partial charge on any atom is -0.493 e. The molecule has 0 radical (unpaired) electrons. The Labute approximate surface area is 193 Å². The summed E-state index contributed by atoms with van der Waals surface area (Å²) in [5, 5.41) is 12.4. The van der Waals surface area contributed by atoms with Gasteiger partial charge in [-0.1, -0.05) is 61.4 Å². The van der Waals surface area contributed by atoms with E-state index in [0.717, 1.165) is 35.4 Å². The molecule has 6 nitrogen and oxygen atoms in total. The van der Waals surface area contributed by atoms with Crippen molar-refractivity contribution in [3.63, 3.8) is 0 Å². The Hall–Kier alpha value is -3.19. The molecule has 3 aromatic rings. The molecule has 168 valence electrons. The van der Waals surface area contributed by atoms with Crippen molar-refractivity contribution in [2.75, 3.05) is 12.4 Å². The van der Waals surface area contributed by atoms with Crippen molar-refractivity contribution in [1.29, 1.82) is 0 Å². The third-order valence-electron chi connectivity index (χ3n) is 4.95. The van der Waals surface area contributed by atoms with Crippen molar-refractivity contribution in [3.05, 3.63) is 70.2 Å². The summed E-state index contributed by atoms with van der Waals surface area (Å²) in [5.74, 6) is 1.02. The number of methoxy groups -OCH3 is 1. The Balaban J connectivity index is 1.57. The first kappa shape index (κ1) is 23.5. The summed E-state index contributed by atoms with van der Waals surface area (Å²) < 4.78 is 11.4. The maximum atomic E-state index is 12.3. The van der Waals surface area contributed by atoms with E-state index in [2.05, 4.69) is 35.4 Å². The Bertz CT molecular complexity index is 1060. The molecule has 0 aliphatic rings. The third kappa shape index (κ3) is 6.92. The maximum absolute atomic E-state index is 12.3. The average Bonchev–Trinajstić information content (AvgIpc) is 3.24. The molecule has 2 aromatic carbocycles. The Morgan fingerprint density at radius 1 is 1.12 bits per heavy atom. The molecule has 0 atom stereocenters. The predicted octanol–water partition coefficient (Wildman–Crippen LogP) is 5.82. The molecule has 1 heterocycles. The number of hydrogen-bond acceptors (Lipinski definition) is 6. The number of nitrogens with one attached hydrogen (secondary N) is 1. The van der Waals surface area contributed by atoms with Crippen LogP contribution in [0.25, 0.3) is 6.08 Å². The highest BCUT2D eigenvalue weighted by molar-refractivity contribution is 7.15. The van der Waals surface area contributed by atoms with Gasteiger partial charge in [0.1, 0.15) is 11.6 Å². The van der Waals surface area contributed by atoms with E-state index in [1.54, 1.807) is 13.2 Å². The van der Waals surface area contributed by atoms with Gasteiger partial charge in [0.05, 0.1) is 7.11 Å². The molecule has 1 amide bonds. The summed E-state index contributed by atoms with van der Waals surface area (Å²) >= 11 is 1.42. The van der Waals surface area contributed by atoms with E-state index in [-0.39, 0.29) is 5.91 Å². The molecule has 0 fully saturated rings. The molecule has 0 aliphatic carbocycles. The summed E-state index contributed by atoms with van der Waals surface area (Å²) in [4.78, 5) is 12.3. The van der Waals surface area contributed by atoms with Crippen LogP contribution in [0.3, 0.4) is 0 Å². The molecular weight excluding hydrogens is 422 g/mol. The average molecular weight is 452 g/mol. The minimum atomic E-state index is -0.250. The first-order valence-electron chi connectivity index (χ1n) is 10.8. The normalized spacial score (nSPS) is 11.0. The van der Waals surface area contributed by atoms with Crippen LogP contribution < -0.4 is 14.8 Å². The van der Waals surface area contributed by atoms with Gasteiger partial charge in [0, 0.05) is 12.5 Å². The zero-order chi connectivity index (χ0) is 22.8. The lowest BCUT2D eigenvalue weighted by molar-refractivity contribution is -0.111. The van der Waals surface area contributed by atoms with Crippen LogP contribution in [0, 0.1) is 6.92 Å². The Morgan fingerprint density at radius 2 is 1.97 bits per heavy atom. The van der Waals surface area contributed by atoms with Gasteiger partial charge in [-0.3, -0.25) is 10.1 Å². The topological polar surface area (TPSA) is 73.3 Å². The van der Waals surface area contributed by atoms with Crippen LogP contribution in [0.5, 0.6) is 11.5 Å².